The molecule has 1 aliphatic carbocycles. The van der Waals surface area contributed by atoms with E-state index in [9.17, 15) is 4.79 Å². The van der Waals surface area contributed by atoms with Gasteiger partial charge in [-0.1, -0.05) is 0 Å². The quantitative estimate of drug-likeness (QED) is 0.838. The summed E-state index contributed by atoms with van der Waals surface area (Å²) >= 11 is 3.28. The fourth-order valence-corrected chi connectivity index (χ4v) is 2.72. The summed E-state index contributed by atoms with van der Waals surface area (Å²) in [4.78, 5) is 22.4. The predicted molar refractivity (Wildman–Crippen MR) is 77.7 cm³/mol. The second kappa shape index (κ2) is 4.97. The maximum atomic E-state index is 12.6. The largest absolute Gasteiger partial charge is 0.278 e. The van der Waals surface area contributed by atoms with Gasteiger partial charge < -0.3 is 0 Å². The molecule has 104 valence electrons. The monoisotopic (exact) mass is 335 g/mol. The highest BCUT2D eigenvalue weighted by Gasteiger charge is 2.28. The van der Waals surface area contributed by atoms with Crippen LogP contribution in [0.15, 0.2) is 16.9 Å². The van der Waals surface area contributed by atoms with Crippen molar-refractivity contribution in [2.75, 3.05) is 11.9 Å². The number of nitrogens with zero attached hydrogens (tertiary/aromatic N) is 5. The molecule has 0 fully saturated rings. The summed E-state index contributed by atoms with van der Waals surface area (Å²) in [5.74, 6) is 0.261. The first-order chi connectivity index (χ1) is 9.58. The molecule has 0 bridgehead atoms. The molecule has 6 nitrogen and oxygen atoms in total. The van der Waals surface area contributed by atoms with Crippen molar-refractivity contribution in [3.63, 3.8) is 0 Å². The molecular formula is C13H14BrN5O. The van der Waals surface area contributed by atoms with Gasteiger partial charge >= 0.3 is 0 Å². The zero-order valence-electron chi connectivity index (χ0n) is 11.3. The molecule has 0 N–H and O–H groups in total. The highest BCUT2D eigenvalue weighted by Crippen LogP contribution is 2.25. The number of carbonyl (C=O) groups excluding carboxylic acids is 1. The van der Waals surface area contributed by atoms with E-state index in [1.54, 1.807) is 24.1 Å². The van der Waals surface area contributed by atoms with Crippen LogP contribution in [0.2, 0.25) is 0 Å². The normalized spacial score (nSPS) is 13.3. The lowest BCUT2D eigenvalue weighted by Crippen LogP contribution is -2.30. The van der Waals surface area contributed by atoms with E-state index in [1.807, 2.05) is 7.05 Å². The summed E-state index contributed by atoms with van der Waals surface area (Å²) in [6, 6.07) is 0. The molecule has 7 heteroatoms. The van der Waals surface area contributed by atoms with E-state index in [-0.39, 0.29) is 5.91 Å². The third kappa shape index (κ3) is 2.11. The number of aromatic nitrogens is 4. The number of rotatable bonds is 2. The average molecular weight is 336 g/mol. The number of fused-ring (bicyclic) bond motifs is 1. The van der Waals surface area contributed by atoms with E-state index in [0.29, 0.717) is 11.6 Å². The Morgan fingerprint density at radius 1 is 1.35 bits per heavy atom. The number of hydrogen-bond acceptors (Lipinski definition) is 4. The Labute approximate surface area is 125 Å². The fraction of sp³-hybridized carbons (Fsp3) is 0.385. The number of amides is 1. The van der Waals surface area contributed by atoms with Gasteiger partial charge in [-0.05, 0) is 35.2 Å². The summed E-state index contributed by atoms with van der Waals surface area (Å²) in [6.45, 7) is 0. The van der Waals surface area contributed by atoms with Gasteiger partial charge in [0.1, 0.15) is 5.69 Å². The van der Waals surface area contributed by atoms with Crippen molar-refractivity contribution in [2.24, 2.45) is 7.05 Å². The molecule has 0 spiro atoms. The van der Waals surface area contributed by atoms with Gasteiger partial charge in [-0.2, -0.15) is 5.10 Å². The molecule has 2 aromatic heterocycles. The van der Waals surface area contributed by atoms with Crippen LogP contribution in [0.5, 0.6) is 0 Å². The molecule has 0 radical (unpaired) electrons. The van der Waals surface area contributed by atoms with Gasteiger partial charge in [-0.25, -0.2) is 9.97 Å². The topological polar surface area (TPSA) is 63.9 Å². The highest BCUT2D eigenvalue weighted by atomic mass is 79.9. The Bertz CT molecular complexity index is 664. The molecule has 2 heterocycles. The van der Waals surface area contributed by atoms with Gasteiger partial charge in [0, 0.05) is 32.1 Å². The number of aryl methyl sites for hydroxylation is 2. The van der Waals surface area contributed by atoms with Crippen molar-refractivity contribution in [1.82, 2.24) is 19.7 Å². The standard InChI is InChI=1S/C13H14BrN5O/c1-18(13-15-6-8(14)7-16-13)12(20)11-9-4-3-5-10(9)17-19(11)2/h6-7H,3-5H2,1-2H3. The predicted octanol–water partition coefficient (Wildman–Crippen LogP) is 1.74. The minimum atomic E-state index is -0.120. The van der Waals surface area contributed by atoms with Gasteiger partial charge in [-0.15, -0.1) is 0 Å². The van der Waals surface area contributed by atoms with Gasteiger partial charge in [0.25, 0.3) is 5.91 Å². The molecule has 0 saturated heterocycles. The first-order valence-corrected chi connectivity index (χ1v) is 7.17. The van der Waals surface area contributed by atoms with Crippen LogP contribution in [-0.2, 0) is 19.9 Å². The molecular weight excluding hydrogens is 322 g/mol. The molecule has 20 heavy (non-hydrogen) atoms. The van der Waals surface area contributed by atoms with E-state index in [2.05, 4.69) is 31.0 Å². The molecule has 0 atom stereocenters. The van der Waals surface area contributed by atoms with Crippen LogP contribution >= 0.6 is 15.9 Å². The minimum Gasteiger partial charge on any atom is -0.278 e. The summed E-state index contributed by atoms with van der Waals surface area (Å²) in [6.07, 6.45) is 6.19. The smallest absolute Gasteiger partial charge is 0.278 e. The van der Waals surface area contributed by atoms with Crippen molar-refractivity contribution in [2.45, 2.75) is 19.3 Å². The van der Waals surface area contributed by atoms with Crippen LogP contribution in [0.4, 0.5) is 5.95 Å². The van der Waals surface area contributed by atoms with Crippen molar-refractivity contribution in [3.8, 4) is 0 Å². The van der Waals surface area contributed by atoms with E-state index >= 15 is 0 Å². The number of carbonyl (C=O) groups is 1. The van der Waals surface area contributed by atoms with E-state index < -0.39 is 0 Å². The van der Waals surface area contributed by atoms with E-state index in [1.165, 1.54) is 4.90 Å². The van der Waals surface area contributed by atoms with Crippen LogP contribution in [0, 0.1) is 0 Å². The van der Waals surface area contributed by atoms with Crippen LogP contribution in [0.1, 0.15) is 28.2 Å². The zero-order valence-corrected chi connectivity index (χ0v) is 12.9. The second-order valence-corrected chi connectivity index (χ2v) is 5.73. The zero-order chi connectivity index (χ0) is 14.3. The van der Waals surface area contributed by atoms with Crippen LogP contribution in [-0.4, -0.2) is 32.7 Å². The lowest BCUT2D eigenvalue weighted by Gasteiger charge is -2.15. The van der Waals surface area contributed by atoms with Gasteiger partial charge in [0.2, 0.25) is 5.95 Å². The Kier molecular flexibility index (Phi) is 3.29. The van der Waals surface area contributed by atoms with Crippen molar-refractivity contribution in [3.05, 3.63) is 33.8 Å². The van der Waals surface area contributed by atoms with E-state index in [4.69, 9.17) is 0 Å². The van der Waals surface area contributed by atoms with Gasteiger partial charge in [-0.3, -0.25) is 14.4 Å². The Morgan fingerprint density at radius 3 is 2.75 bits per heavy atom. The Hall–Kier alpha value is -1.76. The molecule has 0 saturated carbocycles. The molecule has 2 aromatic rings. The summed E-state index contributed by atoms with van der Waals surface area (Å²) in [7, 11) is 3.49. The highest BCUT2D eigenvalue weighted by molar-refractivity contribution is 9.10. The number of anilines is 1. The Morgan fingerprint density at radius 2 is 2.05 bits per heavy atom. The Balaban J connectivity index is 1.95. The maximum Gasteiger partial charge on any atom is 0.278 e. The average Bonchev–Trinajstić information content (AvgIpc) is 2.98. The van der Waals surface area contributed by atoms with Crippen LogP contribution in [0.25, 0.3) is 0 Å². The summed E-state index contributed by atoms with van der Waals surface area (Å²) in [5.41, 5.74) is 2.76. The number of hydrogen-bond donors (Lipinski definition) is 0. The molecule has 0 aromatic carbocycles. The first-order valence-electron chi connectivity index (χ1n) is 6.38. The maximum absolute atomic E-state index is 12.6. The third-order valence-corrected chi connectivity index (χ3v) is 3.89. The third-order valence-electron chi connectivity index (χ3n) is 3.48. The van der Waals surface area contributed by atoms with Crippen LogP contribution < -0.4 is 4.90 Å². The van der Waals surface area contributed by atoms with Crippen molar-refractivity contribution >= 4 is 27.8 Å². The van der Waals surface area contributed by atoms with Crippen molar-refractivity contribution < 1.29 is 4.79 Å². The van der Waals surface area contributed by atoms with Gasteiger partial charge in [0.15, 0.2) is 0 Å². The lowest BCUT2D eigenvalue weighted by molar-refractivity contribution is 0.0981. The lowest BCUT2D eigenvalue weighted by atomic mass is 10.2. The second-order valence-electron chi connectivity index (χ2n) is 4.82. The fourth-order valence-electron chi connectivity index (χ4n) is 2.52. The van der Waals surface area contributed by atoms with E-state index in [0.717, 1.165) is 35.0 Å². The SMILES string of the molecule is CN(C(=O)c1c2c(nn1C)CCC2)c1ncc(Br)cn1. The minimum absolute atomic E-state index is 0.120. The van der Waals surface area contributed by atoms with Crippen molar-refractivity contribution in [1.29, 1.82) is 0 Å². The first kappa shape index (κ1) is 13.2. The molecule has 1 amide bonds. The van der Waals surface area contributed by atoms with Crippen LogP contribution in [0.3, 0.4) is 0 Å². The van der Waals surface area contributed by atoms with Gasteiger partial charge in [0.05, 0.1) is 10.2 Å². The molecule has 3 rings (SSSR count). The summed E-state index contributed by atoms with van der Waals surface area (Å²) in [5, 5.41) is 4.42. The number of halogens is 1. The molecule has 0 unspecified atom stereocenters. The molecule has 0 aliphatic heterocycles. The summed E-state index contributed by atoms with van der Waals surface area (Å²) < 4.78 is 2.45. The molecule has 1 aliphatic rings.